The van der Waals surface area contributed by atoms with Crippen molar-refractivity contribution in [2.45, 2.75) is 56.4 Å². The van der Waals surface area contributed by atoms with Crippen molar-refractivity contribution >= 4 is 23.3 Å². The van der Waals surface area contributed by atoms with Crippen LogP contribution in [-0.2, 0) is 11.0 Å². The summed E-state index contributed by atoms with van der Waals surface area (Å²) in [5, 5.41) is 8.09. The van der Waals surface area contributed by atoms with Crippen LogP contribution < -0.4 is 0 Å². The normalized spacial score (nSPS) is 16.2. The van der Waals surface area contributed by atoms with Gasteiger partial charge in [0.1, 0.15) is 0 Å². The summed E-state index contributed by atoms with van der Waals surface area (Å²) in [5.74, 6) is 0.134. The molecule has 1 aliphatic rings. The van der Waals surface area contributed by atoms with E-state index in [4.69, 9.17) is 0 Å². The third kappa shape index (κ3) is 4.13. The summed E-state index contributed by atoms with van der Waals surface area (Å²) in [5.41, 5.74) is -0.442. The van der Waals surface area contributed by atoms with Crippen LogP contribution in [0, 0.1) is 0 Å². The molecule has 0 saturated heterocycles. The van der Waals surface area contributed by atoms with Crippen molar-refractivity contribution in [1.29, 1.82) is 0 Å². The highest BCUT2D eigenvalue weighted by Gasteiger charge is 2.31. The predicted octanol–water partition coefficient (Wildman–Crippen LogP) is 4.02. The standard InChI is InChI=1S/C17H21F3N4OS/c1-2-23(13-6-4-3-5-7-13)15(25)11-26-16-22-21-14-9-8-12(10-24(14)16)17(18,19)20/h8-10,13H,2-7,11H2,1H3. The van der Waals surface area contributed by atoms with Crippen molar-refractivity contribution in [2.24, 2.45) is 0 Å². The fourth-order valence-corrected chi connectivity index (χ4v) is 4.18. The maximum Gasteiger partial charge on any atom is 0.417 e. The fraction of sp³-hybridized carbons (Fsp3) is 0.588. The zero-order chi connectivity index (χ0) is 18.7. The minimum Gasteiger partial charge on any atom is -0.339 e. The Morgan fingerprint density at radius 3 is 2.65 bits per heavy atom. The highest BCUT2D eigenvalue weighted by atomic mass is 32.2. The molecule has 0 atom stereocenters. The van der Waals surface area contributed by atoms with Gasteiger partial charge in [-0.3, -0.25) is 9.20 Å². The maximum absolute atomic E-state index is 12.9. The molecule has 0 aliphatic heterocycles. The second-order valence-electron chi connectivity index (χ2n) is 6.39. The van der Waals surface area contributed by atoms with Gasteiger partial charge in [-0.25, -0.2) is 0 Å². The lowest BCUT2D eigenvalue weighted by Gasteiger charge is -2.33. The van der Waals surface area contributed by atoms with Gasteiger partial charge in [-0.2, -0.15) is 13.2 Å². The number of aromatic nitrogens is 3. The Bertz CT molecular complexity index is 771. The van der Waals surface area contributed by atoms with Crippen LogP contribution in [0.1, 0.15) is 44.6 Å². The highest BCUT2D eigenvalue weighted by molar-refractivity contribution is 7.99. The van der Waals surface area contributed by atoms with Crippen LogP contribution in [0.5, 0.6) is 0 Å². The third-order valence-electron chi connectivity index (χ3n) is 4.70. The van der Waals surface area contributed by atoms with E-state index in [1.807, 2.05) is 11.8 Å². The molecule has 26 heavy (non-hydrogen) atoms. The van der Waals surface area contributed by atoms with E-state index < -0.39 is 11.7 Å². The van der Waals surface area contributed by atoms with E-state index in [0.29, 0.717) is 17.3 Å². The van der Waals surface area contributed by atoms with Crippen LogP contribution in [0.15, 0.2) is 23.5 Å². The van der Waals surface area contributed by atoms with Crippen LogP contribution >= 0.6 is 11.8 Å². The molecule has 0 unspecified atom stereocenters. The van der Waals surface area contributed by atoms with Gasteiger partial charge >= 0.3 is 6.18 Å². The molecule has 5 nitrogen and oxygen atoms in total. The number of nitrogens with zero attached hydrogens (tertiary/aromatic N) is 4. The Labute approximate surface area is 154 Å². The maximum atomic E-state index is 12.9. The van der Waals surface area contributed by atoms with Gasteiger partial charge in [0.25, 0.3) is 0 Å². The molecule has 0 bridgehead atoms. The van der Waals surface area contributed by atoms with Gasteiger partial charge < -0.3 is 4.90 Å². The van der Waals surface area contributed by atoms with Crippen molar-refractivity contribution < 1.29 is 18.0 Å². The van der Waals surface area contributed by atoms with Crippen molar-refractivity contribution in [3.05, 3.63) is 23.9 Å². The number of halogens is 3. The lowest BCUT2D eigenvalue weighted by molar-refractivity contribution is -0.138. The van der Waals surface area contributed by atoms with Crippen molar-refractivity contribution in [1.82, 2.24) is 19.5 Å². The van der Waals surface area contributed by atoms with Crippen LogP contribution in [0.4, 0.5) is 13.2 Å². The molecular formula is C17H21F3N4OS. The molecule has 2 aromatic rings. The summed E-state index contributed by atoms with van der Waals surface area (Å²) in [6.45, 7) is 2.60. The molecule has 1 fully saturated rings. The highest BCUT2D eigenvalue weighted by Crippen LogP contribution is 2.30. The summed E-state index contributed by atoms with van der Waals surface area (Å²) in [6.07, 6.45) is 2.06. The zero-order valence-electron chi connectivity index (χ0n) is 14.5. The van der Waals surface area contributed by atoms with Crippen LogP contribution in [0.2, 0.25) is 0 Å². The van der Waals surface area contributed by atoms with E-state index in [9.17, 15) is 18.0 Å². The SMILES string of the molecule is CCN(C(=O)CSc1nnc2ccc(C(F)(F)F)cn12)C1CCCCC1. The van der Waals surface area contributed by atoms with E-state index in [2.05, 4.69) is 10.2 Å². The number of carbonyl (C=O) groups is 1. The first-order valence-corrected chi connectivity index (χ1v) is 9.73. The van der Waals surface area contributed by atoms with Gasteiger partial charge in [-0.05, 0) is 31.9 Å². The van der Waals surface area contributed by atoms with Crippen molar-refractivity contribution in [2.75, 3.05) is 12.3 Å². The van der Waals surface area contributed by atoms with Crippen molar-refractivity contribution in [3.8, 4) is 0 Å². The summed E-state index contributed by atoms with van der Waals surface area (Å²) in [4.78, 5) is 14.5. The second-order valence-corrected chi connectivity index (χ2v) is 7.33. The average Bonchev–Trinajstić information content (AvgIpc) is 3.03. The first-order valence-electron chi connectivity index (χ1n) is 8.74. The van der Waals surface area contributed by atoms with E-state index in [0.717, 1.165) is 49.7 Å². The van der Waals surface area contributed by atoms with Crippen molar-refractivity contribution in [3.63, 3.8) is 0 Å². The van der Waals surface area contributed by atoms with E-state index >= 15 is 0 Å². The number of pyridine rings is 1. The third-order valence-corrected chi connectivity index (χ3v) is 5.63. The van der Waals surface area contributed by atoms with E-state index in [1.165, 1.54) is 16.9 Å². The van der Waals surface area contributed by atoms with E-state index in [1.54, 1.807) is 0 Å². The lowest BCUT2D eigenvalue weighted by Crippen LogP contribution is -2.42. The number of hydrogen-bond acceptors (Lipinski definition) is 4. The Hall–Kier alpha value is -1.77. The zero-order valence-corrected chi connectivity index (χ0v) is 15.3. The molecule has 3 rings (SSSR count). The minimum absolute atomic E-state index is 0.00636. The Kier molecular flexibility index (Phi) is 5.74. The van der Waals surface area contributed by atoms with Crippen LogP contribution in [0.25, 0.3) is 5.65 Å². The Balaban J connectivity index is 1.71. The molecule has 2 aromatic heterocycles. The molecule has 2 heterocycles. The summed E-state index contributed by atoms with van der Waals surface area (Å²) >= 11 is 1.12. The number of rotatable bonds is 5. The average molecular weight is 386 g/mol. The van der Waals surface area contributed by atoms with Gasteiger partial charge in [0, 0.05) is 18.8 Å². The molecule has 0 aromatic carbocycles. The van der Waals surface area contributed by atoms with Crippen LogP contribution in [-0.4, -0.2) is 43.7 Å². The quantitative estimate of drug-likeness (QED) is 0.729. The number of fused-ring (bicyclic) bond motifs is 1. The van der Waals surface area contributed by atoms with Gasteiger partial charge in [-0.15, -0.1) is 10.2 Å². The largest absolute Gasteiger partial charge is 0.417 e. The predicted molar refractivity (Wildman–Crippen MR) is 93.0 cm³/mol. The van der Waals surface area contributed by atoms with Gasteiger partial charge in [-0.1, -0.05) is 31.0 Å². The monoisotopic (exact) mass is 386 g/mol. The van der Waals surface area contributed by atoms with Gasteiger partial charge in [0.2, 0.25) is 5.91 Å². The molecular weight excluding hydrogens is 365 g/mol. The number of carbonyl (C=O) groups excluding carboxylic acids is 1. The number of alkyl halides is 3. The number of thioether (sulfide) groups is 1. The first kappa shape index (κ1) is 19.0. The molecule has 9 heteroatoms. The lowest BCUT2D eigenvalue weighted by atomic mass is 9.94. The molecule has 1 amide bonds. The number of hydrogen-bond donors (Lipinski definition) is 0. The summed E-state index contributed by atoms with van der Waals surface area (Å²) < 4.78 is 40.0. The second kappa shape index (κ2) is 7.85. The topological polar surface area (TPSA) is 50.5 Å². The first-order chi connectivity index (χ1) is 12.4. The molecule has 0 N–H and O–H groups in total. The fourth-order valence-electron chi connectivity index (χ4n) is 3.38. The Morgan fingerprint density at radius 1 is 1.27 bits per heavy atom. The molecule has 0 spiro atoms. The summed E-state index contributed by atoms with van der Waals surface area (Å²) in [7, 11) is 0. The Morgan fingerprint density at radius 2 is 2.00 bits per heavy atom. The number of amides is 1. The van der Waals surface area contributed by atoms with Gasteiger partial charge in [0.05, 0.1) is 11.3 Å². The summed E-state index contributed by atoms with van der Waals surface area (Å²) in [6, 6.07) is 2.53. The molecule has 1 aliphatic carbocycles. The van der Waals surface area contributed by atoms with E-state index in [-0.39, 0.29) is 17.7 Å². The van der Waals surface area contributed by atoms with Gasteiger partial charge in [0.15, 0.2) is 10.8 Å². The smallest absolute Gasteiger partial charge is 0.339 e. The molecule has 1 saturated carbocycles. The van der Waals surface area contributed by atoms with Crippen LogP contribution in [0.3, 0.4) is 0 Å². The minimum atomic E-state index is -4.43. The molecule has 142 valence electrons. The molecule has 0 radical (unpaired) electrons.